The number of pyridine rings is 1. The van der Waals surface area contributed by atoms with Crippen molar-refractivity contribution in [1.82, 2.24) is 9.13 Å². The van der Waals surface area contributed by atoms with Crippen LogP contribution in [0.1, 0.15) is 46.3 Å². The van der Waals surface area contributed by atoms with E-state index in [-0.39, 0.29) is 17.9 Å². The first-order valence-electron chi connectivity index (χ1n) is 9.96. The van der Waals surface area contributed by atoms with Gasteiger partial charge in [0.15, 0.2) is 17.8 Å². The van der Waals surface area contributed by atoms with E-state index in [1.807, 2.05) is 19.1 Å². The van der Waals surface area contributed by atoms with Gasteiger partial charge in [-0.15, -0.1) is 0 Å². The number of fused-ring (bicyclic) bond motifs is 1. The van der Waals surface area contributed by atoms with Gasteiger partial charge in [0, 0.05) is 18.3 Å². The fourth-order valence-electron chi connectivity index (χ4n) is 3.66. The highest BCUT2D eigenvalue weighted by atomic mass is 16.5. The third-order valence-corrected chi connectivity index (χ3v) is 5.58. The molecule has 0 atom stereocenters. The molecule has 0 amide bonds. The first-order valence-corrected chi connectivity index (χ1v) is 9.96. The zero-order valence-electron chi connectivity index (χ0n) is 16.7. The Bertz CT molecular complexity index is 1140. The summed E-state index contributed by atoms with van der Waals surface area (Å²) in [6, 6.07) is 10.8. The minimum atomic E-state index is -0.293. The largest absolute Gasteiger partial charge is 0.490 e. The number of hydrogen-bond acceptors (Lipinski definition) is 4. The number of hydrogen-bond donors (Lipinski definition) is 0. The van der Waals surface area contributed by atoms with E-state index in [1.54, 1.807) is 35.9 Å². The summed E-state index contributed by atoms with van der Waals surface area (Å²) < 4.78 is 9.15. The van der Waals surface area contributed by atoms with Crippen molar-refractivity contribution in [3.05, 3.63) is 63.7 Å². The molecule has 6 nitrogen and oxygen atoms in total. The van der Waals surface area contributed by atoms with Crippen LogP contribution in [0.15, 0.2) is 41.2 Å². The van der Waals surface area contributed by atoms with Crippen LogP contribution in [0.4, 0.5) is 0 Å². The number of aryl methyl sites for hydroxylation is 2. The number of nitrogens with zero attached hydrogens (tertiary/aromatic N) is 2. The average molecular weight is 392 g/mol. The van der Waals surface area contributed by atoms with E-state index < -0.39 is 0 Å². The number of carbonyl (C=O) groups is 2. The van der Waals surface area contributed by atoms with Crippen molar-refractivity contribution in [3.63, 3.8) is 0 Å². The van der Waals surface area contributed by atoms with Crippen LogP contribution in [0.3, 0.4) is 0 Å². The van der Waals surface area contributed by atoms with Crippen LogP contribution in [0.2, 0.25) is 0 Å². The topological polar surface area (TPSA) is 70.3 Å². The highest BCUT2D eigenvalue weighted by Crippen LogP contribution is 2.34. The van der Waals surface area contributed by atoms with Gasteiger partial charge >= 0.3 is 0 Å². The van der Waals surface area contributed by atoms with E-state index in [1.165, 1.54) is 4.57 Å². The zero-order chi connectivity index (χ0) is 20.5. The van der Waals surface area contributed by atoms with Crippen LogP contribution in [0.5, 0.6) is 5.75 Å². The molecule has 150 valence electrons. The maximum absolute atomic E-state index is 13.4. The Morgan fingerprint density at radius 1 is 1.24 bits per heavy atom. The Morgan fingerprint density at radius 3 is 2.59 bits per heavy atom. The molecular weight excluding hydrogens is 368 g/mol. The predicted molar refractivity (Wildman–Crippen MR) is 111 cm³/mol. The van der Waals surface area contributed by atoms with Gasteiger partial charge in [0.2, 0.25) is 0 Å². The molecule has 0 aliphatic heterocycles. The van der Waals surface area contributed by atoms with Crippen LogP contribution in [-0.4, -0.2) is 27.8 Å². The second kappa shape index (κ2) is 7.70. The highest BCUT2D eigenvalue weighted by Gasteiger charge is 2.26. The van der Waals surface area contributed by atoms with Gasteiger partial charge in [-0.2, -0.15) is 0 Å². The van der Waals surface area contributed by atoms with Gasteiger partial charge in [-0.1, -0.05) is 37.3 Å². The number of benzene rings is 1. The molecule has 6 heteroatoms. The van der Waals surface area contributed by atoms with E-state index in [0.717, 1.165) is 24.8 Å². The standard InChI is InChI=1S/C23H24N2O4/c1-3-17-11-18-21(22(19(13-26)24(18)2)29-14-15-9-10-15)23(28)25(17)12-20(27)16-7-5-4-6-8-16/h4-8,11,13,15H,3,9-10,12,14H2,1-2H3. The quantitative estimate of drug-likeness (QED) is 0.435. The minimum Gasteiger partial charge on any atom is -0.490 e. The number of rotatable bonds is 8. The molecule has 1 saturated carbocycles. The molecule has 3 aromatic rings. The van der Waals surface area contributed by atoms with Crippen molar-refractivity contribution in [2.75, 3.05) is 6.61 Å². The lowest BCUT2D eigenvalue weighted by Crippen LogP contribution is -2.27. The molecule has 4 rings (SSSR count). The number of ketones is 1. The summed E-state index contributed by atoms with van der Waals surface area (Å²) in [6.07, 6.45) is 3.54. The summed E-state index contributed by atoms with van der Waals surface area (Å²) in [5.74, 6) is 0.688. The summed E-state index contributed by atoms with van der Waals surface area (Å²) in [4.78, 5) is 37.9. The fourth-order valence-corrected chi connectivity index (χ4v) is 3.66. The van der Waals surface area contributed by atoms with E-state index in [9.17, 15) is 14.4 Å². The van der Waals surface area contributed by atoms with Crippen molar-refractivity contribution in [3.8, 4) is 5.75 Å². The van der Waals surface area contributed by atoms with E-state index >= 15 is 0 Å². The third kappa shape index (κ3) is 3.50. The first kappa shape index (κ1) is 19.2. The van der Waals surface area contributed by atoms with Crippen LogP contribution in [0, 0.1) is 5.92 Å². The summed E-state index contributed by atoms with van der Waals surface area (Å²) in [7, 11) is 1.76. The van der Waals surface area contributed by atoms with Crippen LogP contribution in [0.25, 0.3) is 10.9 Å². The Morgan fingerprint density at radius 2 is 1.97 bits per heavy atom. The summed E-state index contributed by atoms with van der Waals surface area (Å²) >= 11 is 0. The summed E-state index contributed by atoms with van der Waals surface area (Å²) in [5.41, 5.74) is 2.03. The van der Waals surface area contributed by atoms with Crippen LogP contribution >= 0.6 is 0 Å². The van der Waals surface area contributed by atoms with Crippen molar-refractivity contribution in [2.24, 2.45) is 13.0 Å². The number of carbonyl (C=O) groups excluding carboxylic acids is 2. The molecule has 29 heavy (non-hydrogen) atoms. The Labute approximate surface area is 168 Å². The second-order valence-electron chi connectivity index (χ2n) is 7.58. The van der Waals surface area contributed by atoms with Gasteiger partial charge < -0.3 is 13.9 Å². The molecule has 0 bridgehead atoms. The molecule has 1 aromatic carbocycles. The third-order valence-electron chi connectivity index (χ3n) is 5.58. The van der Waals surface area contributed by atoms with E-state index in [4.69, 9.17) is 4.74 Å². The molecule has 0 saturated heterocycles. The molecule has 1 fully saturated rings. The van der Waals surface area contributed by atoms with Crippen molar-refractivity contribution in [2.45, 2.75) is 32.7 Å². The summed E-state index contributed by atoms with van der Waals surface area (Å²) in [5, 5.41) is 0.369. The molecule has 2 aromatic heterocycles. The van der Waals surface area contributed by atoms with Gasteiger partial charge in [-0.25, -0.2) is 0 Å². The van der Waals surface area contributed by atoms with Crippen LogP contribution < -0.4 is 10.3 Å². The number of ether oxygens (including phenoxy) is 1. The SMILES string of the molecule is CCc1cc2c(c(OCC3CC3)c(C=O)n2C)c(=O)n1CC(=O)c1ccccc1. The second-order valence-corrected chi connectivity index (χ2v) is 7.58. The van der Waals surface area contributed by atoms with E-state index in [2.05, 4.69) is 0 Å². The molecule has 1 aliphatic rings. The predicted octanol–water partition coefficient (Wildman–Crippen LogP) is 3.39. The monoisotopic (exact) mass is 392 g/mol. The molecule has 0 unspecified atom stereocenters. The molecule has 0 spiro atoms. The lowest BCUT2D eigenvalue weighted by molar-refractivity contribution is 0.0969. The maximum atomic E-state index is 13.4. The van der Waals surface area contributed by atoms with Gasteiger partial charge in [-0.05, 0) is 31.2 Å². The molecule has 2 heterocycles. The van der Waals surface area contributed by atoms with Crippen molar-refractivity contribution < 1.29 is 14.3 Å². The minimum absolute atomic E-state index is 0.0463. The van der Waals surface area contributed by atoms with Crippen molar-refractivity contribution >= 4 is 23.0 Å². The van der Waals surface area contributed by atoms with Gasteiger partial charge in [-0.3, -0.25) is 14.4 Å². The molecule has 0 N–H and O–H groups in total. The number of Topliss-reactive ketones (excluding diaryl/α,β-unsaturated/α-hetero) is 1. The van der Waals surface area contributed by atoms with Gasteiger partial charge in [0.1, 0.15) is 11.1 Å². The number of aromatic nitrogens is 2. The average Bonchev–Trinajstić information content (AvgIpc) is 3.53. The fraction of sp³-hybridized carbons (Fsp3) is 0.348. The highest BCUT2D eigenvalue weighted by molar-refractivity contribution is 5.98. The smallest absolute Gasteiger partial charge is 0.264 e. The number of aldehydes is 1. The van der Waals surface area contributed by atoms with Gasteiger partial charge in [0.25, 0.3) is 5.56 Å². The maximum Gasteiger partial charge on any atom is 0.264 e. The first-order chi connectivity index (χ1) is 14.0. The Hall–Kier alpha value is -3.15. The zero-order valence-corrected chi connectivity index (χ0v) is 16.7. The van der Waals surface area contributed by atoms with E-state index in [0.29, 0.717) is 46.9 Å². The molecule has 0 radical (unpaired) electrons. The Kier molecular flexibility index (Phi) is 5.09. The lowest BCUT2D eigenvalue weighted by Gasteiger charge is -2.13. The Balaban J connectivity index is 1.84. The molecular formula is C23H24N2O4. The van der Waals surface area contributed by atoms with Gasteiger partial charge in [0.05, 0.1) is 18.7 Å². The normalized spacial score (nSPS) is 13.6. The lowest BCUT2D eigenvalue weighted by atomic mass is 10.1. The molecule has 1 aliphatic carbocycles. The summed E-state index contributed by atoms with van der Waals surface area (Å²) in [6.45, 7) is 2.39. The van der Waals surface area contributed by atoms with Crippen molar-refractivity contribution in [1.29, 1.82) is 0 Å². The van der Waals surface area contributed by atoms with Crippen LogP contribution in [-0.2, 0) is 20.0 Å².